The number of aliphatic hydroxyl groups is 1. The molecular formula is C16H15NO3. The smallest absolute Gasteiger partial charge is 0.250 e. The van der Waals surface area contributed by atoms with Crippen molar-refractivity contribution >= 4 is 11.0 Å². The SMILES string of the molecule is Cc1ccn(CC(O)c2cc3ccccc3o2)c(=O)c1. The molecule has 0 saturated heterocycles. The number of hydrogen-bond acceptors (Lipinski definition) is 3. The molecule has 0 fully saturated rings. The van der Waals surface area contributed by atoms with Gasteiger partial charge in [0.25, 0.3) is 5.56 Å². The monoisotopic (exact) mass is 269 g/mol. The van der Waals surface area contributed by atoms with Crippen molar-refractivity contribution in [2.75, 3.05) is 0 Å². The van der Waals surface area contributed by atoms with Crippen molar-refractivity contribution in [3.63, 3.8) is 0 Å². The van der Waals surface area contributed by atoms with Gasteiger partial charge in [0, 0.05) is 17.6 Å². The number of hydrogen-bond donors (Lipinski definition) is 1. The van der Waals surface area contributed by atoms with Crippen molar-refractivity contribution in [3.8, 4) is 0 Å². The Bertz CT molecular complexity index is 768. The Balaban J connectivity index is 1.88. The van der Waals surface area contributed by atoms with Crippen LogP contribution >= 0.6 is 0 Å². The largest absolute Gasteiger partial charge is 0.458 e. The lowest BCUT2D eigenvalue weighted by Crippen LogP contribution is -2.22. The van der Waals surface area contributed by atoms with E-state index in [1.54, 1.807) is 18.3 Å². The van der Waals surface area contributed by atoms with E-state index in [1.807, 2.05) is 37.3 Å². The number of aryl methyl sites for hydroxylation is 1. The van der Waals surface area contributed by atoms with E-state index in [0.717, 1.165) is 16.5 Å². The van der Waals surface area contributed by atoms with Crippen molar-refractivity contribution in [2.45, 2.75) is 19.6 Å². The van der Waals surface area contributed by atoms with Gasteiger partial charge in [-0.1, -0.05) is 18.2 Å². The normalized spacial score (nSPS) is 12.7. The zero-order valence-corrected chi connectivity index (χ0v) is 11.1. The molecule has 0 radical (unpaired) electrons. The molecular weight excluding hydrogens is 254 g/mol. The third-order valence-corrected chi connectivity index (χ3v) is 3.29. The summed E-state index contributed by atoms with van der Waals surface area (Å²) in [4.78, 5) is 11.8. The highest BCUT2D eigenvalue weighted by atomic mass is 16.4. The molecule has 1 atom stereocenters. The number of furan rings is 1. The zero-order chi connectivity index (χ0) is 14.1. The minimum Gasteiger partial charge on any atom is -0.458 e. The van der Waals surface area contributed by atoms with Crippen LogP contribution in [0.25, 0.3) is 11.0 Å². The molecule has 3 rings (SSSR count). The first kappa shape index (κ1) is 12.7. The van der Waals surface area contributed by atoms with Gasteiger partial charge in [-0.2, -0.15) is 0 Å². The summed E-state index contributed by atoms with van der Waals surface area (Å²) in [6.45, 7) is 2.04. The van der Waals surface area contributed by atoms with Crippen LogP contribution in [0.3, 0.4) is 0 Å². The van der Waals surface area contributed by atoms with Gasteiger partial charge < -0.3 is 14.1 Å². The van der Waals surface area contributed by atoms with Crippen molar-refractivity contribution in [2.24, 2.45) is 0 Å². The third-order valence-electron chi connectivity index (χ3n) is 3.29. The second-order valence-electron chi connectivity index (χ2n) is 4.90. The quantitative estimate of drug-likeness (QED) is 0.795. The molecule has 3 aromatic rings. The molecule has 1 aromatic carbocycles. The van der Waals surface area contributed by atoms with E-state index >= 15 is 0 Å². The average molecular weight is 269 g/mol. The first-order valence-corrected chi connectivity index (χ1v) is 6.47. The Morgan fingerprint density at radius 1 is 1.25 bits per heavy atom. The highest BCUT2D eigenvalue weighted by molar-refractivity contribution is 5.77. The predicted molar refractivity (Wildman–Crippen MR) is 76.6 cm³/mol. The van der Waals surface area contributed by atoms with Crippen LogP contribution < -0.4 is 5.56 Å². The molecule has 20 heavy (non-hydrogen) atoms. The van der Waals surface area contributed by atoms with Crippen molar-refractivity contribution in [1.82, 2.24) is 4.57 Å². The maximum atomic E-state index is 11.8. The number of para-hydroxylation sites is 1. The van der Waals surface area contributed by atoms with Crippen LogP contribution in [-0.2, 0) is 6.54 Å². The Hall–Kier alpha value is -2.33. The van der Waals surface area contributed by atoms with Gasteiger partial charge in [-0.05, 0) is 30.7 Å². The molecule has 0 aliphatic heterocycles. The Morgan fingerprint density at radius 2 is 2.05 bits per heavy atom. The lowest BCUT2D eigenvalue weighted by Gasteiger charge is -2.10. The summed E-state index contributed by atoms with van der Waals surface area (Å²) in [6.07, 6.45) is 0.839. The number of benzene rings is 1. The summed E-state index contributed by atoms with van der Waals surface area (Å²) in [5, 5.41) is 11.2. The summed E-state index contributed by atoms with van der Waals surface area (Å²) in [7, 11) is 0. The summed E-state index contributed by atoms with van der Waals surface area (Å²) in [5.74, 6) is 0.471. The molecule has 4 heteroatoms. The van der Waals surface area contributed by atoms with Crippen LogP contribution in [0, 0.1) is 6.92 Å². The fourth-order valence-electron chi connectivity index (χ4n) is 2.20. The van der Waals surface area contributed by atoms with Crippen molar-refractivity contribution < 1.29 is 9.52 Å². The lowest BCUT2D eigenvalue weighted by atomic mass is 10.2. The van der Waals surface area contributed by atoms with E-state index in [9.17, 15) is 9.90 Å². The van der Waals surface area contributed by atoms with Crippen LogP contribution in [-0.4, -0.2) is 9.67 Å². The Kier molecular flexibility index (Phi) is 3.16. The molecule has 0 aliphatic rings. The highest BCUT2D eigenvalue weighted by Gasteiger charge is 2.14. The van der Waals surface area contributed by atoms with E-state index in [1.165, 1.54) is 4.57 Å². The number of aromatic nitrogens is 1. The molecule has 102 valence electrons. The molecule has 2 aromatic heterocycles. The molecule has 1 unspecified atom stereocenters. The molecule has 0 aliphatic carbocycles. The Labute approximate surface area is 115 Å². The first-order valence-electron chi connectivity index (χ1n) is 6.47. The summed E-state index contributed by atoms with van der Waals surface area (Å²) >= 11 is 0. The van der Waals surface area contributed by atoms with Crippen LogP contribution in [0.1, 0.15) is 17.4 Å². The van der Waals surface area contributed by atoms with Gasteiger partial charge in [-0.15, -0.1) is 0 Å². The van der Waals surface area contributed by atoms with E-state index < -0.39 is 6.10 Å². The standard InChI is InChI=1S/C16H15NO3/c1-11-6-7-17(16(19)8-11)10-13(18)15-9-12-4-2-3-5-14(12)20-15/h2-9,13,18H,10H2,1H3. The van der Waals surface area contributed by atoms with Gasteiger partial charge in [-0.25, -0.2) is 0 Å². The zero-order valence-electron chi connectivity index (χ0n) is 11.1. The first-order chi connectivity index (χ1) is 9.63. The number of aliphatic hydroxyl groups excluding tert-OH is 1. The summed E-state index contributed by atoms with van der Waals surface area (Å²) in [6, 6.07) is 12.8. The van der Waals surface area contributed by atoms with Crippen LogP contribution in [0.4, 0.5) is 0 Å². The minimum atomic E-state index is -0.845. The summed E-state index contributed by atoms with van der Waals surface area (Å²) in [5.41, 5.74) is 1.52. The molecule has 2 heterocycles. The maximum absolute atomic E-state index is 11.8. The predicted octanol–water partition coefficient (Wildman–Crippen LogP) is 2.64. The molecule has 0 saturated carbocycles. The van der Waals surface area contributed by atoms with Crippen molar-refractivity contribution in [3.05, 3.63) is 70.3 Å². The van der Waals surface area contributed by atoms with Crippen molar-refractivity contribution in [1.29, 1.82) is 0 Å². The molecule has 0 spiro atoms. The van der Waals surface area contributed by atoms with Crippen LogP contribution in [0.5, 0.6) is 0 Å². The maximum Gasteiger partial charge on any atom is 0.250 e. The molecule has 0 bridgehead atoms. The molecule has 1 N–H and O–H groups in total. The van der Waals surface area contributed by atoms with Crippen LogP contribution in [0.15, 0.2) is 57.9 Å². The fourth-order valence-corrected chi connectivity index (χ4v) is 2.20. The third kappa shape index (κ3) is 2.38. The second-order valence-corrected chi connectivity index (χ2v) is 4.90. The summed E-state index contributed by atoms with van der Waals surface area (Å²) < 4.78 is 7.08. The number of fused-ring (bicyclic) bond motifs is 1. The number of nitrogens with zero attached hydrogens (tertiary/aromatic N) is 1. The number of rotatable bonds is 3. The fraction of sp³-hybridized carbons (Fsp3) is 0.188. The molecule has 0 amide bonds. The highest BCUT2D eigenvalue weighted by Crippen LogP contribution is 2.24. The minimum absolute atomic E-state index is 0.125. The second kappa shape index (κ2) is 4.98. The van der Waals surface area contributed by atoms with Gasteiger partial charge >= 0.3 is 0 Å². The lowest BCUT2D eigenvalue weighted by molar-refractivity contribution is 0.131. The van der Waals surface area contributed by atoms with E-state index in [2.05, 4.69) is 0 Å². The Morgan fingerprint density at radius 3 is 2.80 bits per heavy atom. The van der Waals surface area contributed by atoms with Gasteiger partial charge in [0.15, 0.2) is 0 Å². The van der Waals surface area contributed by atoms with E-state index in [0.29, 0.717) is 5.76 Å². The van der Waals surface area contributed by atoms with Gasteiger partial charge in [0.2, 0.25) is 0 Å². The van der Waals surface area contributed by atoms with Gasteiger partial charge in [0.05, 0.1) is 6.54 Å². The average Bonchev–Trinajstić information content (AvgIpc) is 2.86. The van der Waals surface area contributed by atoms with Gasteiger partial charge in [-0.3, -0.25) is 4.79 Å². The van der Waals surface area contributed by atoms with E-state index in [-0.39, 0.29) is 12.1 Å². The topological polar surface area (TPSA) is 55.4 Å². The molecule has 4 nitrogen and oxygen atoms in total. The van der Waals surface area contributed by atoms with Gasteiger partial charge in [0.1, 0.15) is 17.4 Å². The van der Waals surface area contributed by atoms with Crippen LogP contribution in [0.2, 0.25) is 0 Å². The number of pyridine rings is 1. The van der Waals surface area contributed by atoms with E-state index in [4.69, 9.17) is 4.42 Å².